The lowest BCUT2D eigenvalue weighted by Gasteiger charge is -2.21. The van der Waals surface area contributed by atoms with Gasteiger partial charge in [-0.2, -0.15) is 0 Å². The Bertz CT molecular complexity index is 588. The van der Waals surface area contributed by atoms with E-state index in [1.807, 2.05) is 31.2 Å². The number of hydrogen-bond acceptors (Lipinski definition) is 3. The van der Waals surface area contributed by atoms with Gasteiger partial charge < -0.3 is 4.90 Å². The molecule has 0 saturated carbocycles. The summed E-state index contributed by atoms with van der Waals surface area (Å²) in [7, 11) is -3.24. The Morgan fingerprint density at radius 1 is 1.22 bits per heavy atom. The average molecular weight is 361 g/mol. The summed E-state index contributed by atoms with van der Waals surface area (Å²) in [6.45, 7) is 4.60. The second-order valence-corrected chi connectivity index (χ2v) is 7.81. The fourth-order valence-electron chi connectivity index (χ4n) is 2.08. The molecular formula is C16H25ClN2O3S. The number of carbonyl (C=O) groups excluding carboxylic acids is 1. The Labute approximate surface area is 144 Å². The van der Waals surface area contributed by atoms with Crippen LogP contribution in [0.3, 0.4) is 0 Å². The molecule has 23 heavy (non-hydrogen) atoms. The minimum atomic E-state index is -3.24. The minimum Gasteiger partial charge on any atom is -0.341 e. The molecule has 0 spiro atoms. The molecule has 1 aromatic carbocycles. The molecule has 0 heterocycles. The molecule has 1 amide bonds. The van der Waals surface area contributed by atoms with Crippen LogP contribution in [0.1, 0.15) is 32.3 Å². The fourth-order valence-corrected chi connectivity index (χ4v) is 3.43. The molecule has 0 radical (unpaired) electrons. The largest absolute Gasteiger partial charge is 0.341 e. The third kappa shape index (κ3) is 8.34. The van der Waals surface area contributed by atoms with E-state index in [1.54, 1.807) is 4.90 Å². The molecule has 0 aromatic heterocycles. The van der Waals surface area contributed by atoms with E-state index in [2.05, 4.69) is 4.72 Å². The second kappa shape index (κ2) is 9.90. The smallest absolute Gasteiger partial charge is 0.219 e. The zero-order valence-electron chi connectivity index (χ0n) is 13.7. The highest BCUT2D eigenvalue weighted by molar-refractivity contribution is 7.89. The molecule has 0 unspecified atom stereocenters. The Morgan fingerprint density at radius 3 is 2.43 bits per heavy atom. The summed E-state index contributed by atoms with van der Waals surface area (Å²) in [6.07, 6.45) is 2.18. The molecule has 1 aromatic rings. The van der Waals surface area contributed by atoms with Crippen LogP contribution in [0.25, 0.3) is 0 Å². The third-order valence-electron chi connectivity index (χ3n) is 3.50. The molecule has 1 rings (SSSR count). The van der Waals surface area contributed by atoms with E-state index in [1.165, 1.54) is 6.92 Å². The lowest BCUT2D eigenvalue weighted by molar-refractivity contribution is -0.128. The maximum absolute atomic E-state index is 11.7. The van der Waals surface area contributed by atoms with Crippen molar-refractivity contribution in [3.63, 3.8) is 0 Å². The van der Waals surface area contributed by atoms with E-state index in [-0.39, 0.29) is 18.2 Å². The van der Waals surface area contributed by atoms with Gasteiger partial charge in [-0.05, 0) is 30.5 Å². The molecule has 0 bridgehead atoms. The topological polar surface area (TPSA) is 66.5 Å². The highest BCUT2D eigenvalue weighted by Gasteiger charge is 2.12. The summed E-state index contributed by atoms with van der Waals surface area (Å²) in [4.78, 5) is 13.3. The van der Waals surface area contributed by atoms with Gasteiger partial charge in [-0.1, -0.05) is 37.1 Å². The van der Waals surface area contributed by atoms with Gasteiger partial charge in [-0.3, -0.25) is 4.79 Å². The summed E-state index contributed by atoms with van der Waals surface area (Å²) in [6, 6.07) is 7.48. The number of nitrogens with zero attached hydrogens (tertiary/aromatic N) is 1. The number of nitrogens with one attached hydrogen (secondary N) is 1. The van der Waals surface area contributed by atoms with E-state index < -0.39 is 10.0 Å². The normalized spacial score (nSPS) is 11.4. The first kappa shape index (κ1) is 19.9. The zero-order chi connectivity index (χ0) is 17.3. The Kier molecular flexibility index (Phi) is 8.58. The first-order valence-corrected chi connectivity index (χ1v) is 9.84. The standard InChI is InChI=1S/C16H25ClN2O3S/c1-3-4-13-23(21,22)18-10-12-19(14(2)20)11-9-15-5-7-16(17)8-6-15/h5-8,18H,3-4,9-13H2,1-2H3. The number of hydrogen-bond donors (Lipinski definition) is 1. The fraction of sp³-hybridized carbons (Fsp3) is 0.562. The number of halogens is 1. The number of carbonyl (C=O) groups is 1. The predicted molar refractivity (Wildman–Crippen MR) is 94.1 cm³/mol. The molecule has 0 atom stereocenters. The summed E-state index contributed by atoms with van der Waals surface area (Å²) in [5.41, 5.74) is 1.09. The summed E-state index contributed by atoms with van der Waals surface area (Å²) >= 11 is 5.84. The number of benzene rings is 1. The van der Waals surface area contributed by atoms with E-state index in [4.69, 9.17) is 11.6 Å². The predicted octanol–water partition coefficient (Wildman–Crippen LogP) is 2.45. The van der Waals surface area contributed by atoms with E-state index in [0.717, 1.165) is 12.0 Å². The number of unbranched alkanes of at least 4 members (excludes halogenated alkanes) is 1. The van der Waals surface area contributed by atoms with Gasteiger partial charge in [-0.25, -0.2) is 13.1 Å². The molecule has 0 aliphatic carbocycles. The van der Waals surface area contributed by atoms with Gasteiger partial charge in [0.15, 0.2) is 0 Å². The quantitative estimate of drug-likeness (QED) is 0.697. The van der Waals surface area contributed by atoms with Crippen molar-refractivity contribution < 1.29 is 13.2 Å². The molecule has 130 valence electrons. The Hall–Kier alpha value is -1.11. The molecule has 0 fully saturated rings. The summed E-state index contributed by atoms with van der Waals surface area (Å²) in [5.74, 6) is 0.0701. The maximum atomic E-state index is 11.7. The van der Waals surface area contributed by atoms with Gasteiger partial charge in [0.1, 0.15) is 0 Å². The van der Waals surface area contributed by atoms with Crippen LogP contribution in [0.5, 0.6) is 0 Å². The van der Waals surface area contributed by atoms with Crippen molar-refractivity contribution in [1.82, 2.24) is 9.62 Å². The minimum absolute atomic E-state index is 0.0632. The first-order chi connectivity index (χ1) is 10.8. The van der Waals surface area contributed by atoms with E-state index in [9.17, 15) is 13.2 Å². The van der Waals surface area contributed by atoms with Crippen molar-refractivity contribution in [2.75, 3.05) is 25.4 Å². The van der Waals surface area contributed by atoms with Crippen LogP contribution >= 0.6 is 11.6 Å². The van der Waals surface area contributed by atoms with Crippen LogP contribution in [0.15, 0.2) is 24.3 Å². The van der Waals surface area contributed by atoms with Crippen LogP contribution in [-0.4, -0.2) is 44.6 Å². The van der Waals surface area contributed by atoms with Crippen LogP contribution < -0.4 is 4.72 Å². The highest BCUT2D eigenvalue weighted by atomic mass is 35.5. The van der Waals surface area contributed by atoms with Gasteiger partial charge in [0.2, 0.25) is 15.9 Å². The molecule has 5 nitrogen and oxygen atoms in total. The average Bonchev–Trinajstić information content (AvgIpc) is 2.50. The van der Waals surface area contributed by atoms with E-state index >= 15 is 0 Å². The van der Waals surface area contributed by atoms with Crippen LogP contribution in [0, 0.1) is 0 Å². The van der Waals surface area contributed by atoms with Crippen molar-refractivity contribution >= 4 is 27.5 Å². The Balaban J connectivity index is 2.43. The van der Waals surface area contributed by atoms with Crippen molar-refractivity contribution in [1.29, 1.82) is 0 Å². The highest BCUT2D eigenvalue weighted by Crippen LogP contribution is 2.10. The molecule has 0 aliphatic heterocycles. The third-order valence-corrected chi connectivity index (χ3v) is 5.22. The summed E-state index contributed by atoms with van der Waals surface area (Å²) in [5, 5.41) is 0.679. The maximum Gasteiger partial charge on any atom is 0.219 e. The number of rotatable bonds is 10. The molecule has 1 N–H and O–H groups in total. The van der Waals surface area contributed by atoms with Crippen LogP contribution in [0.2, 0.25) is 5.02 Å². The number of sulfonamides is 1. The van der Waals surface area contributed by atoms with Crippen LogP contribution in [-0.2, 0) is 21.2 Å². The van der Waals surface area contributed by atoms with Crippen molar-refractivity contribution in [2.45, 2.75) is 33.1 Å². The monoisotopic (exact) mass is 360 g/mol. The first-order valence-electron chi connectivity index (χ1n) is 7.81. The molecule has 0 saturated heterocycles. The van der Waals surface area contributed by atoms with Crippen molar-refractivity contribution in [3.8, 4) is 0 Å². The molecule has 7 heteroatoms. The SMILES string of the molecule is CCCCS(=O)(=O)NCCN(CCc1ccc(Cl)cc1)C(C)=O. The van der Waals surface area contributed by atoms with Gasteiger partial charge in [0.25, 0.3) is 0 Å². The van der Waals surface area contributed by atoms with Gasteiger partial charge in [0, 0.05) is 31.6 Å². The van der Waals surface area contributed by atoms with Crippen molar-refractivity contribution in [2.24, 2.45) is 0 Å². The van der Waals surface area contributed by atoms with Crippen molar-refractivity contribution in [3.05, 3.63) is 34.9 Å². The van der Waals surface area contributed by atoms with Gasteiger partial charge >= 0.3 is 0 Å². The van der Waals surface area contributed by atoms with E-state index in [0.29, 0.717) is 31.0 Å². The molecular weight excluding hydrogens is 336 g/mol. The lowest BCUT2D eigenvalue weighted by atomic mass is 10.1. The lowest BCUT2D eigenvalue weighted by Crippen LogP contribution is -2.39. The van der Waals surface area contributed by atoms with Gasteiger partial charge in [-0.15, -0.1) is 0 Å². The Morgan fingerprint density at radius 2 is 1.87 bits per heavy atom. The summed E-state index contributed by atoms with van der Waals surface area (Å²) < 4.78 is 26.0. The van der Waals surface area contributed by atoms with Crippen LogP contribution in [0.4, 0.5) is 0 Å². The zero-order valence-corrected chi connectivity index (χ0v) is 15.3. The van der Waals surface area contributed by atoms with Gasteiger partial charge in [0.05, 0.1) is 5.75 Å². The number of amides is 1. The molecule has 0 aliphatic rings. The second-order valence-electron chi connectivity index (χ2n) is 5.45.